The zero-order chi connectivity index (χ0) is 16.6. The number of aryl methyl sites for hydroxylation is 1. The summed E-state index contributed by atoms with van der Waals surface area (Å²) < 4.78 is 5.21. The highest BCUT2D eigenvalue weighted by molar-refractivity contribution is 6.29. The molecule has 1 N–H and O–H groups in total. The van der Waals surface area contributed by atoms with Crippen LogP contribution in [-0.2, 0) is 4.79 Å². The van der Waals surface area contributed by atoms with Gasteiger partial charge in [-0.1, -0.05) is 6.58 Å². The molecule has 116 valence electrons. The van der Waals surface area contributed by atoms with E-state index in [0.717, 1.165) is 11.1 Å². The lowest BCUT2D eigenvalue weighted by molar-refractivity contribution is -0.115. The highest BCUT2D eigenvalue weighted by atomic mass is 16.5. The van der Waals surface area contributed by atoms with E-state index in [1.54, 1.807) is 14.0 Å². The molecule has 1 aliphatic rings. The van der Waals surface area contributed by atoms with Crippen molar-refractivity contribution in [3.63, 3.8) is 0 Å². The highest BCUT2D eigenvalue weighted by Crippen LogP contribution is 2.23. The Morgan fingerprint density at radius 2 is 2.04 bits per heavy atom. The predicted octanol–water partition coefficient (Wildman–Crippen LogP) is 2.08. The van der Waals surface area contributed by atoms with Crippen molar-refractivity contribution in [1.82, 2.24) is 15.3 Å². The SMILES string of the molecule is C=C1C(=O)N/C(=N/c2nc(C)c3ccc(OC)cc3n2)N=C1C. The molecule has 23 heavy (non-hydrogen) atoms. The van der Waals surface area contributed by atoms with Gasteiger partial charge in [0.25, 0.3) is 11.9 Å². The van der Waals surface area contributed by atoms with Crippen LogP contribution in [0.2, 0.25) is 0 Å². The number of aromatic nitrogens is 2. The Kier molecular flexibility index (Phi) is 3.61. The zero-order valence-electron chi connectivity index (χ0n) is 13.0. The Morgan fingerprint density at radius 1 is 1.26 bits per heavy atom. The van der Waals surface area contributed by atoms with Crippen LogP contribution in [0.5, 0.6) is 5.75 Å². The molecule has 1 aromatic carbocycles. The first-order valence-corrected chi connectivity index (χ1v) is 6.95. The number of amides is 1. The summed E-state index contributed by atoms with van der Waals surface area (Å²) in [6, 6.07) is 5.56. The van der Waals surface area contributed by atoms with Gasteiger partial charge in [-0.2, -0.15) is 4.99 Å². The van der Waals surface area contributed by atoms with Crippen LogP contribution in [0.1, 0.15) is 12.6 Å². The van der Waals surface area contributed by atoms with Gasteiger partial charge < -0.3 is 4.74 Å². The van der Waals surface area contributed by atoms with Gasteiger partial charge in [-0.15, -0.1) is 0 Å². The minimum atomic E-state index is -0.324. The number of carbonyl (C=O) groups is 1. The van der Waals surface area contributed by atoms with E-state index < -0.39 is 0 Å². The molecule has 1 aliphatic heterocycles. The number of methoxy groups -OCH3 is 1. The van der Waals surface area contributed by atoms with E-state index in [0.29, 0.717) is 22.6 Å². The molecule has 1 aromatic heterocycles. The zero-order valence-corrected chi connectivity index (χ0v) is 13.0. The molecule has 3 rings (SSSR count). The number of nitrogens with zero attached hydrogens (tertiary/aromatic N) is 4. The Balaban J connectivity index is 2.08. The van der Waals surface area contributed by atoms with Crippen molar-refractivity contribution in [2.45, 2.75) is 13.8 Å². The standard InChI is InChI=1S/C16H15N5O2/c1-8-9(2)17-16(20-14(8)22)21-15-18-10(3)12-6-5-11(23-4)7-13(12)19-15/h5-7H,1H2,2-4H3,(H,18,19,20,21,22). The fourth-order valence-corrected chi connectivity index (χ4v) is 2.17. The molecule has 0 saturated carbocycles. The van der Waals surface area contributed by atoms with Crippen LogP contribution >= 0.6 is 0 Å². The Morgan fingerprint density at radius 3 is 2.74 bits per heavy atom. The first kappa shape index (κ1) is 14.8. The van der Waals surface area contributed by atoms with Crippen LogP contribution in [0.25, 0.3) is 10.9 Å². The minimum absolute atomic E-state index is 0.154. The maximum absolute atomic E-state index is 11.7. The van der Waals surface area contributed by atoms with Gasteiger partial charge in [0.05, 0.1) is 29.6 Å². The number of ether oxygens (including phenoxy) is 1. The topological polar surface area (TPSA) is 88.8 Å². The molecule has 0 saturated heterocycles. The van der Waals surface area contributed by atoms with Gasteiger partial charge in [-0.05, 0) is 26.0 Å². The Hall–Kier alpha value is -3.09. The van der Waals surface area contributed by atoms with Crippen molar-refractivity contribution in [2.75, 3.05) is 7.11 Å². The minimum Gasteiger partial charge on any atom is -0.497 e. The second kappa shape index (κ2) is 5.60. The average molecular weight is 309 g/mol. The molecule has 2 aromatic rings. The summed E-state index contributed by atoms with van der Waals surface area (Å²) in [6.07, 6.45) is 0. The maximum atomic E-state index is 11.7. The molecule has 7 heteroatoms. The molecule has 0 radical (unpaired) electrons. The molecule has 2 heterocycles. The molecule has 0 aliphatic carbocycles. The number of carbonyl (C=O) groups excluding carboxylic acids is 1. The van der Waals surface area contributed by atoms with Crippen molar-refractivity contribution in [1.29, 1.82) is 0 Å². The fourth-order valence-electron chi connectivity index (χ4n) is 2.17. The van der Waals surface area contributed by atoms with Crippen LogP contribution in [0.3, 0.4) is 0 Å². The van der Waals surface area contributed by atoms with Gasteiger partial charge in [0.2, 0.25) is 5.96 Å². The van der Waals surface area contributed by atoms with Crippen LogP contribution in [0.15, 0.2) is 40.3 Å². The second-order valence-corrected chi connectivity index (χ2v) is 5.06. The summed E-state index contributed by atoms with van der Waals surface area (Å²) in [5.74, 6) is 0.755. The van der Waals surface area contributed by atoms with Gasteiger partial charge >= 0.3 is 0 Å². The van der Waals surface area contributed by atoms with Crippen molar-refractivity contribution in [3.05, 3.63) is 36.0 Å². The van der Waals surface area contributed by atoms with Crippen LogP contribution in [0.4, 0.5) is 5.95 Å². The summed E-state index contributed by atoms with van der Waals surface area (Å²) in [7, 11) is 1.60. The highest BCUT2D eigenvalue weighted by Gasteiger charge is 2.19. The Bertz CT molecular complexity index is 899. The summed E-state index contributed by atoms with van der Waals surface area (Å²) in [5, 5.41) is 3.47. The number of hydrogen-bond acceptors (Lipinski definition) is 5. The third-order valence-corrected chi connectivity index (χ3v) is 3.50. The van der Waals surface area contributed by atoms with Crippen LogP contribution in [-0.4, -0.2) is 34.7 Å². The normalized spacial score (nSPS) is 16.5. The van der Waals surface area contributed by atoms with Gasteiger partial charge in [0, 0.05) is 11.5 Å². The first-order valence-electron chi connectivity index (χ1n) is 6.95. The smallest absolute Gasteiger partial charge is 0.259 e. The molecular weight excluding hydrogens is 294 g/mol. The van der Waals surface area contributed by atoms with E-state index in [-0.39, 0.29) is 17.8 Å². The van der Waals surface area contributed by atoms with Gasteiger partial charge in [-0.25, -0.2) is 15.0 Å². The largest absolute Gasteiger partial charge is 0.497 e. The third-order valence-electron chi connectivity index (χ3n) is 3.50. The maximum Gasteiger partial charge on any atom is 0.259 e. The van der Waals surface area contributed by atoms with Crippen LogP contribution in [0, 0.1) is 6.92 Å². The van der Waals surface area contributed by atoms with Crippen molar-refractivity contribution < 1.29 is 9.53 Å². The van der Waals surface area contributed by atoms with Crippen molar-refractivity contribution in [2.24, 2.45) is 9.98 Å². The lowest BCUT2D eigenvalue weighted by Gasteiger charge is -2.13. The van der Waals surface area contributed by atoms with E-state index in [1.807, 2.05) is 25.1 Å². The summed E-state index contributed by atoms with van der Waals surface area (Å²) in [5.41, 5.74) is 2.34. The van der Waals surface area contributed by atoms with E-state index in [1.165, 1.54) is 0 Å². The molecule has 0 spiro atoms. The molecule has 0 bridgehead atoms. The number of rotatable bonds is 2. The average Bonchev–Trinajstić information content (AvgIpc) is 2.52. The molecule has 0 fully saturated rings. The summed E-state index contributed by atoms with van der Waals surface area (Å²) in [4.78, 5) is 28.9. The molecule has 0 unspecified atom stereocenters. The molecular formula is C16H15N5O2. The van der Waals surface area contributed by atoms with Gasteiger partial charge in [-0.3, -0.25) is 10.1 Å². The number of guanidine groups is 1. The quantitative estimate of drug-likeness (QED) is 0.860. The number of hydrogen-bond donors (Lipinski definition) is 1. The van der Waals surface area contributed by atoms with E-state index >= 15 is 0 Å². The van der Waals surface area contributed by atoms with Gasteiger partial charge in [0.15, 0.2) is 0 Å². The van der Waals surface area contributed by atoms with Gasteiger partial charge in [0.1, 0.15) is 5.75 Å². The number of fused-ring (bicyclic) bond motifs is 1. The Labute approximate surface area is 132 Å². The third kappa shape index (κ3) is 2.80. The van der Waals surface area contributed by atoms with Crippen molar-refractivity contribution in [3.8, 4) is 5.75 Å². The van der Waals surface area contributed by atoms with E-state index in [9.17, 15) is 4.79 Å². The predicted molar refractivity (Wildman–Crippen MR) is 88.3 cm³/mol. The summed E-state index contributed by atoms with van der Waals surface area (Å²) in [6.45, 7) is 7.22. The molecule has 1 amide bonds. The number of aliphatic imine (C=N–C) groups is 2. The fraction of sp³-hybridized carbons (Fsp3) is 0.188. The van der Waals surface area contributed by atoms with E-state index in [4.69, 9.17) is 4.74 Å². The van der Waals surface area contributed by atoms with Crippen molar-refractivity contribution >= 4 is 34.4 Å². The summed E-state index contributed by atoms with van der Waals surface area (Å²) >= 11 is 0. The first-order chi connectivity index (χ1) is 11.0. The monoisotopic (exact) mass is 309 g/mol. The lowest BCUT2D eigenvalue weighted by Crippen LogP contribution is -2.37. The number of nitrogens with one attached hydrogen (secondary N) is 1. The van der Waals surface area contributed by atoms with E-state index in [2.05, 4.69) is 31.8 Å². The number of benzene rings is 1. The molecule has 0 atom stereocenters. The van der Waals surface area contributed by atoms with Crippen LogP contribution < -0.4 is 10.1 Å². The molecule has 7 nitrogen and oxygen atoms in total. The lowest BCUT2D eigenvalue weighted by atomic mass is 10.2. The second-order valence-electron chi connectivity index (χ2n) is 5.06.